The van der Waals surface area contributed by atoms with E-state index in [1.165, 1.54) is 0 Å². The lowest BCUT2D eigenvalue weighted by Crippen LogP contribution is -2.41. The summed E-state index contributed by atoms with van der Waals surface area (Å²) in [7, 11) is 0. The Labute approximate surface area is 137 Å². The Morgan fingerprint density at radius 1 is 1.35 bits per heavy atom. The Kier molecular flexibility index (Phi) is 4.28. The summed E-state index contributed by atoms with van der Waals surface area (Å²) >= 11 is 0. The van der Waals surface area contributed by atoms with Crippen LogP contribution < -0.4 is 0 Å². The van der Waals surface area contributed by atoms with Crippen LogP contribution in [0.2, 0.25) is 0 Å². The van der Waals surface area contributed by atoms with E-state index in [0.29, 0.717) is 6.04 Å². The molecule has 0 saturated carbocycles. The molecule has 0 aliphatic carbocycles. The molecule has 1 atom stereocenters. The van der Waals surface area contributed by atoms with Gasteiger partial charge in [0.25, 0.3) is 5.91 Å². The van der Waals surface area contributed by atoms with Gasteiger partial charge in [0, 0.05) is 37.5 Å². The molecule has 1 saturated heterocycles. The Morgan fingerprint density at radius 2 is 2.13 bits per heavy atom. The van der Waals surface area contributed by atoms with Crippen molar-refractivity contribution in [2.45, 2.75) is 53.0 Å². The summed E-state index contributed by atoms with van der Waals surface area (Å²) in [5.41, 5.74) is 1.70. The van der Waals surface area contributed by atoms with E-state index in [-0.39, 0.29) is 5.91 Å². The second-order valence-corrected chi connectivity index (χ2v) is 6.37. The zero-order valence-corrected chi connectivity index (χ0v) is 14.4. The van der Waals surface area contributed by atoms with Crippen LogP contribution in [0.4, 0.5) is 0 Å². The maximum Gasteiger partial charge on any atom is 0.257 e. The number of rotatable bonds is 3. The molecule has 1 unspecified atom stereocenters. The normalized spacial score (nSPS) is 18.4. The molecule has 2 aromatic heterocycles. The minimum Gasteiger partial charge on any atom is -0.466 e. The van der Waals surface area contributed by atoms with Crippen LogP contribution in [0.5, 0.6) is 0 Å². The van der Waals surface area contributed by atoms with Crippen molar-refractivity contribution in [3.63, 3.8) is 0 Å². The lowest BCUT2D eigenvalue weighted by Gasteiger charge is -2.34. The molecule has 1 aliphatic rings. The van der Waals surface area contributed by atoms with Crippen LogP contribution in [-0.2, 0) is 6.42 Å². The lowest BCUT2D eigenvalue weighted by atomic mass is 10.0. The number of carbonyl (C=O) groups is 1. The summed E-state index contributed by atoms with van der Waals surface area (Å²) < 4.78 is 7.87. The Hall–Kier alpha value is -2.04. The van der Waals surface area contributed by atoms with Crippen LogP contribution in [0.15, 0.2) is 16.8 Å². The third kappa shape index (κ3) is 2.80. The number of aromatic nitrogens is 2. The number of likely N-dealkylation sites (tertiary alicyclic amines) is 1. The Balaban J connectivity index is 1.82. The molecule has 23 heavy (non-hydrogen) atoms. The Bertz CT molecular complexity index is 714. The van der Waals surface area contributed by atoms with Crippen molar-refractivity contribution in [2.75, 3.05) is 13.1 Å². The van der Waals surface area contributed by atoms with E-state index < -0.39 is 0 Å². The fraction of sp³-hybridized carbons (Fsp3) is 0.556. The third-order valence-corrected chi connectivity index (χ3v) is 4.92. The highest BCUT2D eigenvalue weighted by Gasteiger charge is 2.29. The molecule has 2 aromatic rings. The quantitative estimate of drug-likeness (QED) is 0.872. The molecule has 1 aliphatic heterocycles. The summed E-state index contributed by atoms with van der Waals surface area (Å²) in [5, 5.41) is 0. The minimum atomic E-state index is 0.0970. The number of hydrogen-bond donors (Lipinski definition) is 0. The molecular formula is C18H25N3O2. The lowest BCUT2D eigenvalue weighted by molar-refractivity contribution is 0.0675. The van der Waals surface area contributed by atoms with Gasteiger partial charge in [-0.25, -0.2) is 4.98 Å². The summed E-state index contributed by atoms with van der Waals surface area (Å²) in [6, 6.07) is 0.318. The molecule has 0 N–H and O–H groups in total. The van der Waals surface area contributed by atoms with E-state index in [1.807, 2.05) is 38.1 Å². The molecule has 3 heterocycles. The molecule has 0 bridgehead atoms. The summed E-state index contributed by atoms with van der Waals surface area (Å²) in [5.74, 6) is 2.75. The highest BCUT2D eigenvalue weighted by Crippen LogP contribution is 2.27. The first kappa shape index (κ1) is 15.8. The van der Waals surface area contributed by atoms with Gasteiger partial charge >= 0.3 is 0 Å². The van der Waals surface area contributed by atoms with Crippen molar-refractivity contribution in [2.24, 2.45) is 0 Å². The van der Waals surface area contributed by atoms with Crippen molar-refractivity contribution < 1.29 is 9.21 Å². The number of imidazole rings is 1. The predicted octanol–water partition coefficient (Wildman–Crippen LogP) is 3.44. The van der Waals surface area contributed by atoms with Crippen molar-refractivity contribution in [1.82, 2.24) is 14.5 Å². The van der Waals surface area contributed by atoms with E-state index in [2.05, 4.69) is 16.5 Å². The molecule has 1 fully saturated rings. The smallest absolute Gasteiger partial charge is 0.257 e. The predicted molar refractivity (Wildman–Crippen MR) is 88.7 cm³/mol. The van der Waals surface area contributed by atoms with Crippen LogP contribution >= 0.6 is 0 Å². The molecule has 0 aromatic carbocycles. The van der Waals surface area contributed by atoms with Gasteiger partial charge in [0.1, 0.15) is 17.3 Å². The molecular weight excluding hydrogens is 290 g/mol. The van der Waals surface area contributed by atoms with Gasteiger partial charge in [-0.3, -0.25) is 4.79 Å². The van der Waals surface area contributed by atoms with Gasteiger partial charge in [-0.15, -0.1) is 0 Å². The maximum atomic E-state index is 13.0. The second kappa shape index (κ2) is 6.22. The van der Waals surface area contributed by atoms with Gasteiger partial charge in [0.05, 0.1) is 11.6 Å². The van der Waals surface area contributed by atoms with E-state index in [4.69, 9.17) is 4.42 Å². The summed E-state index contributed by atoms with van der Waals surface area (Å²) in [4.78, 5) is 19.3. The van der Waals surface area contributed by atoms with E-state index in [1.54, 1.807) is 0 Å². The van der Waals surface area contributed by atoms with Crippen molar-refractivity contribution >= 4 is 5.91 Å². The zero-order valence-electron chi connectivity index (χ0n) is 14.4. The average Bonchev–Trinajstić information content (AvgIpc) is 3.12. The van der Waals surface area contributed by atoms with Crippen LogP contribution in [0.3, 0.4) is 0 Å². The zero-order chi connectivity index (χ0) is 16.6. The standard InChI is InChI=1S/C18H25N3O2/c1-5-16-19-8-10-21(16)15-7-6-9-20(11-15)18(22)17-12(2)13(3)23-14(17)4/h8,10,15H,5-7,9,11H2,1-4H3. The van der Waals surface area contributed by atoms with E-state index in [9.17, 15) is 4.79 Å². The minimum absolute atomic E-state index is 0.0970. The molecule has 0 radical (unpaired) electrons. The van der Waals surface area contributed by atoms with Gasteiger partial charge in [-0.05, 0) is 33.6 Å². The largest absolute Gasteiger partial charge is 0.466 e. The number of amides is 1. The second-order valence-electron chi connectivity index (χ2n) is 6.37. The van der Waals surface area contributed by atoms with Gasteiger partial charge in [0.15, 0.2) is 0 Å². The number of hydrogen-bond acceptors (Lipinski definition) is 3. The first-order valence-electron chi connectivity index (χ1n) is 8.40. The number of aryl methyl sites for hydroxylation is 3. The molecule has 5 heteroatoms. The molecule has 5 nitrogen and oxygen atoms in total. The summed E-state index contributed by atoms with van der Waals surface area (Å²) in [6.45, 7) is 9.42. The summed E-state index contributed by atoms with van der Waals surface area (Å²) in [6.07, 6.45) is 6.92. The van der Waals surface area contributed by atoms with E-state index >= 15 is 0 Å². The molecule has 1 amide bonds. The monoisotopic (exact) mass is 315 g/mol. The maximum absolute atomic E-state index is 13.0. The van der Waals surface area contributed by atoms with Crippen molar-refractivity contribution in [3.8, 4) is 0 Å². The number of nitrogens with zero attached hydrogens (tertiary/aromatic N) is 3. The van der Waals surface area contributed by atoms with Gasteiger partial charge in [-0.1, -0.05) is 6.92 Å². The van der Waals surface area contributed by atoms with Crippen LogP contribution in [0, 0.1) is 20.8 Å². The van der Waals surface area contributed by atoms with Gasteiger partial charge in [0.2, 0.25) is 0 Å². The van der Waals surface area contributed by atoms with Gasteiger partial charge in [-0.2, -0.15) is 0 Å². The topological polar surface area (TPSA) is 51.3 Å². The fourth-order valence-corrected chi connectivity index (χ4v) is 3.58. The molecule has 3 rings (SSSR count). The Morgan fingerprint density at radius 3 is 2.78 bits per heavy atom. The first-order valence-corrected chi connectivity index (χ1v) is 8.40. The third-order valence-electron chi connectivity index (χ3n) is 4.92. The number of furan rings is 1. The molecule has 0 spiro atoms. The first-order chi connectivity index (χ1) is 11.0. The number of piperidine rings is 1. The van der Waals surface area contributed by atoms with Crippen molar-refractivity contribution in [1.29, 1.82) is 0 Å². The van der Waals surface area contributed by atoms with Crippen molar-refractivity contribution in [3.05, 3.63) is 40.9 Å². The average molecular weight is 315 g/mol. The SMILES string of the molecule is CCc1nccn1C1CCCN(C(=O)c2c(C)oc(C)c2C)C1. The fourth-order valence-electron chi connectivity index (χ4n) is 3.58. The van der Waals surface area contributed by atoms with Gasteiger partial charge < -0.3 is 13.9 Å². The van der Waals surface area contributed by atoms with Crippen LogP contribution in [-0.4, -0.2) is 33.4 Å². The highest BCUT2D eigenvalue weighted by atomic mass is 16.3. The number of carbonyl (C=O) groups excluding carboxylic acids is 1. The van der Waals surface area contributed by atoms with Crippen LogP contribution in [0.1, 0.15) is 59.1 Å². The van der Waals surface area contributed by atoms with E-state index in [0.717, 1.165) is 60.8 Å². The van der Waals surface area contributed by atoms with Crippen LogP contribution in [0.25, 0.3) is 0 Å². The molecule has 124 valence electrons. The highest BCUT2D eigenvalue weighted by molar-refractivity contribution is 5.97.